The third-order valence-corrected chi connectivity index (χ3v) is 6.58. The summed E-state index contributed by atoms with van der Waals surface area (Å²) in [7, 11) is -4.85. The fourth-order valence-corrected chi connectivity index (χ4v) is 4.95. The minimum Gasteiger partial charge on any atom is -0.744 e. The van der Waals surface area contributed by atoms with Gasteiger partial charge >= 0.3 is 29.6 Å². The Balaban J connectivity index is 0.00000253. The van der Waals surface area contributed by atoms with Gasteiger partial charge in [-0.15, -0.1) is 0 Å². The predicted molar refractivity (Wildman–Crippen MR) is 132 cm³/mol. The second-order valence-electron chi connectivity index (χ2n) is 7.98. The van der Waals surface area contributed by atoms with Crippen molar-refractivity contribution >= 4 is 56.5 Å². The van der Waals surface area contributed by atoms with Crippen molar-refractivity contribution in [2.24, 2.45) is 0 Å². The number of hydrogen-bond donors (Lipinski definition) is 2. The first-order valence-corrected chi connectivity index (χ1v) is 12.0. The molecule has 6 rings (SSSR count). The Morgan fingerprint density at radius 1 is 0.686 bits per heavy atom. The number of H-pyrrole nitrogens is 2. The van der Waals surface area contributed by atoms with Gasteiger partial charge in [0.05, 0.1) is 22.8 Å². The molecule has 0 fully saturated rings. The minimum atomic E-state index is -4.85. The van der Waals surface area contributed by atoms with Crippen LogP contribution in [-0.2, 0) is 10.1 Å². The molecule has 0 saturated heterocycles. The first kappa shape index (κ1) is 23.5. The average Bonchev–Trinajstić information content (AvgIpc) is 3.59. The molecule has 8 bridgehead atoms. The molecule has 0 aliphatic carbocycles. The molecular formula is C26H17N4NaO3S. The van der Waals surface area contributed by atoms with Crippen molar-refractivity contribution in [3.05, 3.63) is 89.5 Å². The number of aromatic amines is 2. The van der Waals surface area contributed by atoms with E-state index in [9.17, 15) is 13.0 Å². The summed E-state index contributed by atoms with van der Waals surface area (Å²) in [6.45, 7) is 0. The second-order valence-corrected chi connectivity index (χ2v) is 9.30. The Morgan fingerprint density at radius 2 is 1.31 bits per heavy atom. The van der Waals surface area contributed by atoms with Crippen LogP contribution >= 0.6 is 0 Å². The van der Waals surface area contributed by atoms with Crippen LogP contribution in [0.15, 0.2) is 71.6 Å². The van der Waals surface area contributed by atoms with Crippen LogP contribution in [0.25, 0.3) is 57.5 Å². The van der Waals surface area contributed by atoms with Crippen LogP contribution in [-0.4, -0.2) is 32.9 Å². The van der Waals surface area contributed by atoms with E-state index in [0.29, 0.717) is 11.4 Å². The Morgan fingerprint density at radius 3 is 2.09 bits per heavy atom. The van der Waals surface area contributed by atoms with Gasteiger partial charge in [0.15, 0.2) is 0 Å². The summed E-state index contributed by atoms with van der Waals surface area (Å²) in [6, 6.07) is 21.2. The predicted octanol–water partition coefficient (Wildman–Crippen LogP) is 2.23. The summed E-state index contributed by atoms with van der Waals surface area (Å²) in [5.41, 5.74) is 6.29. The van der Waals surface area contributed by atoms with Crippen LogP contribution in [0.2, 0.25) is 0 Å². The second kappa shape index (κ2) is 9.07. The fourth-order valence-electron chi connectivity index (χ4n) is 4.21. The van der Waals surface area contributed by atoms with E-state index in [-0.39, 0.29) is 40.9 Å². The van der Waals surface area contributed by atoms with Gasteiger partial charge in [-0.1, -0.05) is 30.3 Å². The largest absolute Gasteiger partial charge is 1.00 e. The van der Waals surface area contributed by atoms with Gasteiger partial charge in [0, 0.05) is 27.6 Å². The van der Waals surface area contributed by atoms with Gasteiger partial charge in [0.2, 0.25) is 0 Å². The van der Waals surface area contributed by atoms with Gasteiger partial charge in [0.1, 0.15) is 15.0 Å². The zero-order valence-electron chi connectivity index (χ0n) is 18.7. The molecule has 9 heteroatoms. The number of rotatable bonds is 2. The number of fused-ring (bicyclic) bond motifs is 8. The van der Waals surface area contributed by atoms with E-state index in [1.165, 1.54) is 6.08 Å². The van der Waals surface area contributed by atoms with Crippen molar-refractivity contribution in [2.75, 3.05) is 0 Å². The van der Waals surface area contributed by atoms with E-state index >= 15 is 0 Å². The summed E-state index contributed by atoms with van der Waals surface area (Å²) in [4.78, 5) is 15.3. The molecule has 0 atom stereocenters. The third-order valence-electron chi connectivity index (χ3n) is 5.66. The molecular weight excluding hydrogens is 471 g/mol. The molecule has 0 spiro atoms. The number of hydrogen-bond acceptors (Lipinski definition) is 5. The molecule has 0 saturated carbocycles. The van der Waals surface area contributed by atoms with E-state index in [2.05, 4.69) is 19.9 Å². The molecule has 0 radical (unpaired) electrons. The van der Waals surface area contributed by atoms with Crippen molar-refractivity contribution in [2.45, 2.75) is 4.90 Å². The molecule has 2 N–H and O–H groups in total. The quantitative estimate of drug-likeness (QED) is 0.287. The number of benzene rings is 1. The molecule has 2 aliphatic rings. The van der Waals surface area contributed by atoms with E-state index in [1.807, 2.05) is 60.7 Å². The Bertz CT molecular complexity index is 1790. The van der Waals surface area contributed by atoms with Crippen molar-refractivity contribution in [3.63, 3.8) is 0 Å². The van der Waals surface area contributed by atoms with E-state index in [4.69, 9.17) is 0 Å². The Labute approximate surface area is 223 Å². The Kier molecular flexibility index (Phi) is 6.08. The number of aromatic nitrogens is 4. The summed E-state index contributed by atoms with van der Waals surface area (Å²) < 4.78 is 36.8. The van der Waals surface area contributed by atoms with Crippen LogP contribution in [0.5, 0.6) is 0 Å². The summed E-state index contributed by atoms with van der Waals surface area (Å²) >= 11 is 0. The van der Waals surface area contributed by atoms with Gasteiger partial charge < -0.3 is 14.5 Å². The first-order valence-electron chi connectivity index (χ1n) is 10.6. The van der Waals surface area contributed by atoms with Crippen molar-refractivity contribution in [1.29, 1.82) is 0 Å². The van der Waals surface area contributed by atoms with E-state index < -0.39 is 15.0 Å². The summed E-state index contributed by atoms with van der Waals surface area (Å²) in [6.07, 6.45) is 6.47. The molecule has 5 heterocycles. The van der Waals surface area contributed by atoms with E-state index in [0.717, 1.165) is 33.2 Å². The third kappa shape index (κ3) is 4.54. The van der Waals surface area contributed by atoms with Gasteiger partial charge in [-0.2, -0.15) is 0 Å². The molecule has 2 aliphatic heterocycles. The van der Waals surface area contributed by atoms with E-state index in [1.54, 1.807) is 24.3 Å². The fraction of sp³-hybridized carbons (Fsp3) is 0. The average molecular weight is 489 g/mol. The smallest absolute Gasteiger partial charge is 0.744 e. The van der Waals surface area contributed by atoms with Crippen molar-refractivity contribution in [3.8, 4) is 11.1 Å². The van der Waals surface area contributed by atoms with Gasteiger partial charge in [0.25, 0.3) is 0 Å². The zero-order valence-corrected chi connectivity index (χ0v) is 21.5. The van der Waals surface area contributed by atoms with Crippen LogP contribution < -0.4 is 29.6 Å². The molecule has 0 amide bonds. The molecule has 7 nitrogen and oxygen atoms in total. The van der Waals surface area contributed by atoms with Crippen LogP contribution in [0, 0.1) is 0 Å². The topological polar surface area (TPSA) is 115 Å². The molecule has 3 aromatic heterocycles. The first-order chi connectivity index (χ1) is 16.4. The maximum Gasteiger partial charge on any atom is 1.00 e. The zero-order chi connectivity index (χ0) is 23.3. The van der Waals surface area contributed by atoms with Crippen LogP contribution in [0.1, 0.15) is 22.8 Å². The maximum absolute atomic E-state index is 12.3. The molecule has 1 aromatic carbocycles. The van der Waals surface area contributed by atoms with Gasteiger partial charge in [-0.3, -0.25) is 0 Å². The molecule has 0 unspecified atom stereocenters. The Hall–Kier alpha value is -3.27. The summed E-state index contributed by atoms with van der Waals surface area (Å²) in [5, 5.41) is 0. The van der Waals surface area contributed by atoms with Crippen LogP contribution in [0.3, 0.4) is 0 Å². The number of nitrogens with zero attached hydrogens (tertiary/aromatic N) is 2. The SMILES string of the molecule is O=S(=O)([O-])c1c2nc(cc3ccc(cc4ccc([nH]4)c(-c4ccccc4)c4nc1C=C4)[nH]3)C=C2.[Na+]. The van der Waals surface area contributed by atoms with Gasteiger partial charge in [-0.25, -0.2) is 18.4 Å². The maximum atomic E-state index is 12.3. The monoisotopic (exact) mass is 488 g/mol. The van der Waals surface area contributed by atoms with Gasteiger partial charge in [-0.05, 0) is 66.3 Å². The number of nitrogens with one attached hydrogen (secondary N) is 2. The molecule has 4 aromatic rings. The van der Waals surface area contributed by atoms with Crippen molar-refractivity contribution in [1.82, 2.24) is 19.9 Å². The minimum absolute atomic E-state index is 0. The molecule has 35 heavy (non-hydrogen) atoms. The van der Waals surface area contributed by atoms with Crippen molar-refractivity contribution < 1.29 is 42.5 Å². The standard InChI is InChI=1S/C26H18N4O3S.Na/c31-34(32,33)26-23-11-9-20(29-23)15-18-7-6-17(27-18)14-19-8-10-21(28-19)25(16-4-2-1-3-5-16)22-12-13-24(26)30-22;/h1-15,27-28H,(H,31,32,33);/q;+1/p-1. The normalized spacial score (nSPS) is 12.5. The molecule has 166 valence electrons. The summed E-state index contributed by atoms with van der Waals surface area (Å²) in [5.74, 6) is 0. The van der Waals surface area contributed by atoms with Crippen LogP contribution in [0.4, 0.5) is 0 Å².